The van der Waals surface area contributed by atoms with Gasteiger partial charge in [0.15, 0.2) is 5.78 Å². The third kappa shape index (κ3) is 7.25. The van der Waals surface area contributed by atoms with Gasteiger partial charge in [-0.05, 0) is 43.7 Å². The van der Waals surface area contributed by atoms with Crippen LogP contribution in [0.25, 0.3) is 0 Å². The van der Waals surface area contributed by atoms with Crippen molar-refractivity contribution in [3.63, 3.8) is 0 Å². The number of ether oxygens (including phenoxy) is 2. The standard InChI is InChI=1S/C26H31NO5/c1-3-13-31-26-12-5-4-8-22(26)16-27(18-25-11-7-14-30-25)17-23(29)19-32-24-10-6-9-21(15-24)20(2)28/h4-12,14-15,23,29H,3,13,16-19H2,1-2H3. The van der Waals surface area contributed by atoms with Crippen molar-refractivity contribution in [1.29, 1.82) is 0 Å². The van der Waals surface area contributed by atoms with Crippen LogP contribution in [-0.2, 0) is 13.1 Å². The van der Waals surface area contributed by atoms with Crippen LogP contribution in [0.3, 0.4) is 0 Å². The van der Waals surface area contributed by atoms with Gasteiger partial charge in [-0.1, -0.05) is 37.3 Å². The van der Waals surface area contributed by atoms with E-state index in [1.54, 1.807) is 30.5 Å². The van der Waals surface area contributed by atoms with Gasteiger partial charge in [0.25, 0.3) is 0 Å². The van der Waals surface area contributed by atoms with Gasteiger partial charge in [0, 0.05) is 24.2 Å². The second-order valence-electron chi connectivity index (χ2n) is 7.75. The van der Waals surface area contributed by atoms with E-state index in [0.717, 1.165) is 23.5 Å². The summed E-state index contributed by atoms with van der Waals surface area (Å²) in [5.41, 5.74) is 1.63. The molecule has 0 aliphatic heterocycles. The van der Waals surface area contributed by atoms with E-state index in [-0.39, 0.29) is 12.4 Å². The van der Waals surface area contributed by atoms with Gasteiger partial charge in [-0.2, -0.15) is 0 Å². The molecule has 170 valence electrons. The Bertz CT molecular complexity index is 970. The maximum atomic E-state index is 11.6. The molecule has 1 unspecified atom stereocenters. The molecule has 1 aromatic heterocycles. The van der Waals surface area contributed by atoms with Gasteiger partial charge >= 0.3 is 0 Å². The molecule has 0 bridgehead atoms. The lowest BCUT2D eigenvalue weighted by Gasteiger charge is -2.25. The van der Waals surface area contributed by atoms with Crippen LogP contribution in [0.2, 0.25) is 0 Å². The molecule has 0 saturated heterocycles. The van der Waals surface area contributed by atoms with Crippen LogP contribution in [0.5, 0.6) is 11.5 Å². The smallest absolute Gasteiger partial charge is 0.159 e. The average Bonchev–Trinajstić information content (AvgIpc) is 3.30. The van der Waals surface area contributed by atoms with Gasteiger partial charge in [0.05, 0.1) is 19.4 Å². The van der Waals surface area contributed by atoms with Crippen LogP contribution in [-0.4, -0.2) is 41.7 Å². The van der Waals surface area contributed by atoms with Crippen molar-refractivity contribution >= 4 is 5.78 Å². The second-order valence-corrected chi connectivity index (χ2v) is 7.75. The number of ketones is 1. The zero-order valence-corrected chi connectivity index (χ0v) is 18.7. The number of para-hydroxylation sites is 1. The number of rotatable bonds is 13. The van der Waals surface area contributed by atoms with Gasteiger partial charge < -0.3 is 19.0 Å². The minimum atomic E-state index is -0.727. The molecule has 6 nitrogen and oxygen atoms in total. The van der Waals surface area contributed by atoms with Crippen LogP contribution in [0, 0.1) is 0 Å². The first-order chi connectivity index (χ1) is 15.5. The van der Waals surface area contributed by atoms with Gasteiger partial charge in [0.1, 0.15) is 30.0 Å². The van der Waals surface area contributed by atoms with E-state index in [1.807, 2.05) is 36.4 Å². The van der Waals surface area contributed by atoms with Crippen molar-refractivity contribution in [3.8, 4) is 11.5 Å². The highest BCUT2D eigenvalue weighted by Crippen LogP contribution is 2.22. The van der Waals surface area contributed by atoms with Gasteiger partial charge in [-0.15, -0.1) is 0 Å². The van der Waals surface area contributed by atoms with E-state index in [1.165, 1.54) is 6.92 Å². The molecular weight excluding hydrogens is 406 g/mol. The molecule has 0 fully saturated rings. The third-order valence-corrected chi connectivity index (χ3v) is 4.94. The van der Waals surface area contributed by atoms with Crippen molar-refractivity contribution in [2.75, 3.05) is 19.8 Å². The summed E-state index contributed by atoms with van der Waals surface area (Å²) >= 11 is 0. The minimum Gasteiger partial charge on any atom is -0.493 e. The number of nitrogens with zero attached hydrogens (tertiary/aromatic N) is 1. The summed E-state index contributed by atoms with van der Waals surface area (Å²) in [5, 5.41) is 10.7. The first-order valence-electron chi connectivity index (χ1n) is 10.9. The van der Waals surface area contributed by atoms with Crippen LogP contribution in [0.15, 0.2) is 71.3 Å². The van der Waals surface area contributed by atoms with E-state index >= 15 is 0 Å². The van der Waals surface area contributed by atoms with E-state index < -0.39 is 6.10 Å². The van der Waals surface area contributed by atoms with Crippen molar-refractivity contribution < 1.29 is 23.8 Å². The molecule has 0 amide bonds. The van der Waals surface area contributed by atoms with Crippen molar-refractivity contribution in [1.82, 2.24) is 4.90 Å². The topological polar surface area (TPSA) is 72.1 Å². The summed E-state index contributed by atoms with van der Waals surface area (Å²) in [6.45, 7) is 5.89. The maximum Gasteiger partial charge on any atom is 0.159 e. The molecule has 3 rings (SSSR count). The highest BCUT2D eigenvalue weighted by atomic mass is 16.5. The Morgan fingerprint density at radius 1 is 1.06 bits per heavy atom. The fraction of sp³-hybridized carbons (Fsp3) is 0.346. The van der Waals surface area contributed by atoms with E-state index in [2.05, 4.69) is 11.8 Å². The fourth-order valence-corrected chi connectivity index (χ4v) is 3.38. The summed E-state index contributed by atoms with van der Waals surface area (Å²) in [5.74, 6) is 2.21. The van der Waals surface area contributed by atoms with Gasteiger partial charge in [-0.3, -0.25) is 9.69 Å². The quantitative estimate of drug-likeness (QED) is 0.390. The predicted octanol–water partition coefficient (Wildman–Crippen LogP) is 4.71. The Morgan fingerprint density at radius 3 is 2.66 bits per heavy atom. The molecule has 1 N–H and O–H groups in total. The number of furan rings is 1. The molecule has 0 aliphatic rings. The SMILES string of the molecule is CCCOc1ccccc1CN(Cc1ccco1)CC(O)COc1cccc(C(C)=O)c1. The molecule has 0 spiro atoms. The normalized spacial score (nSPS) is 12.0. The van der Waals surface area contributed by atoms with Gasteiger partial charge in [0.2, 0.25) is 0 Å². The zero-order chi connectivity index (χ0) is 22.8. The highest BCUT2D eigenvalue weighted by molar-refractivity contribution is 5.94. The van der Waals surface area contributed by atoms with E-state index in [9.17, 15) is 9.90 Å². The molecule has 0 aliphatic carbocycles. The zero-order valence-electron chi connectivity index (χ0n) is 18.7. The van der Waals surface area contributed by atoms with Crippen LogP contribution in [0.1, 0.15) is 41.9 Å². The van der Waals surface area contributed by atoms with Crippen molar-refractivity contribution in [2.45, 2.75) is 39.5 Å². The summed E-state index contributed by atoms with van der Waals surface area (Å²) in [4.78, 5) is 13.7. The molecular formula is C26H31NO5. The van der Waals surface area contributed by atoms with Crippen LogP contribution >= 0.6 is 0 Å². The summed E-state index contributed by atoms with van der Waals surface area (Å²) < 4.78 is 17.2. The lowest BCUT2D eigenvalue weighted by molar-refractivity contribution is 0.0601. The highest BCUT2D eigenvalue weighted by Gasteiger charge is 2.17. The Morgan fingerprint density at radius 2 is 1.91 bits per heavy atom. The lowest BCUT2D eigenvalue weighted by Crippen LogP contribution is -2.35. The molecule has 1 heterocycles. The molecule has 2 aromatic carbocycles. The molecule has 6 heteroatoms. The molecule has 3 aromatic rings. The largest absolute Gasteiger partial charge is 0.493 e. The number of Topliss-reactive ketones (excluding diaryl/α,β-unsaturated/α-hetero) is 1. The Labute approximate surface area is 189 Å². The third-order valence-electron chi connectivity index (χ3n) is 4.94. The first kappa shape index (κ1) is 23.6. The lowest BCUT2D eigenvalue weighted by atomic mass is 10.1. The van der Waals surface area contributed by atoms with E-state index in [4.69, 9.17) is 13.9 Å². The Kier molecular flexibility index (Phi) is 8.90. The number of carbonyl (C=O) groups excluding carboxylic acids is 1. The Balaban J connectivity index is 1.65. The van der Waals surface area contributed by atoms with Crippen LogP contribution < -0.4 is 9.47 Å². The van der Waals surface area contributed by atoms with Crippen LogP contribution in [0.4, 0.5) is 0 Å². The van der Waals surface area contributed by atoms with E-state index in [0.29, 0.717) is 37.6 Å². The molecule has 0 saturated carbocycles. The fourth-order valence-electron chi connectivity index (χ4n) is 3.38. The number of benzene rings is 2. The number of aliphatic hydroxyl groups excluding tert-OH is 1. The minimum absolute atomic E-state index is 0.0235. The number of hydrogen-bond acceptors (Lipinski definition) is 6. The number of aliphatic hydroxyl groups is 1. The number of carbonyl (C=O) groups is 1. The summed E-state index contributed by atoms with van der Waals surface area (Å²) in [7, 11) is 0. The van der Waals surface area contributed by atoms with Crippen molar-refractivity contribution in [3.05, 3.63) is 83.8 Å². The molecule has 0 radical (unpaired) electrons. The molecule has 32 heavy (non-hydrogen) atoms. The second kappa shape index (κ2) is 12.1. The maximum absolute atomic E-state index is 11.6. The number of hydrogen-bond donors (Lipinski definition) is 1. The monoisotopic (exact) mass is 437 g/mol. The first-order valence-corrected chi connectivity index (χ1v) is 10.9. The summed E-state index contributed by atoms with van der Waals surface area (Å²) in [6.07, 6.45) is 1.85. The predicted molar refractivity (Wildman–Crippen MR) is 123 cm³/mol. The average molecular weight is 438 g/mol. The van der Waals surface area contributed by atoms with Crippen molar-refractivity contribution in [2.24, 2.45) is 0 Å². The summed E-state index contributed by atoms with van der Waals surface area (Å²) in [6, 6.07) is 18.7. The Hall–Kier alpha value is -3.09. The van der Waals surface area contributed by atoms with Gasteiger partial charge in [-0.25, -0.2) is 0 Å². The molecule has 1 atom stereocenters.